The first-order chi connectivity index (χ1) is 16.1. The molecule has 0 saturated heterocycles. The van der Waals surface area contributed by atoms with Gasteiger partial charge in [0.2, 0.25) is 5.91 Å². The molecule has 0 spiro atoms. The third kappa shape index (κ3) is 5.86. The molecule has 33 heavy (non-hydrogen) atoms. The predicted octanol–water partition coefficient (Wildman–Crippen LogP) is 4.14. The minimum Gasteiger partial charge on any atom is -0.497 e. The lowest BCUT2D eigenvalue weighted by Crippen LogP contribution is -2.29. The molecule has 1 heterocycles. The van der Waals surface area contributed by atoms with Gasteiger partial charge in [0, 0.05) is 17.3 Å². The van der Waals surface area contributed by atoms with Crippen molar-refractivity contribution < 1.29 is 14.3 Å². The number of nitrogens with one attached hydrogen (secondary N) is 1. The van der Waals surface area contributed by atoms with Crippen LogP contribution in [-0.2, 0) is 17.9 Å². The molecule has 0 aliphatic carbocycles. The molecular weight excluding hydrogens is 418 g/mol. The van der Waals surface area contributed by atoms with Crippen LogP contribution in [0.25, 0.3) is 11.3 Å². The quantitative estimate of drug-likeness (QED) is 0.444. The summed E-state index contributed by atoms with van der Waals surface area (Å²) < 4.78 is 12.1. The van der Waals surface area contributed by atoms with E-state index >= 15 is 0 Å². The van der Waals surface area contributed by atoms with Gasteiger partial charge in [0.15, 0.2) is 0 Å². The maximum Gasteiger partial charge on any atom is 0.267 e. The molecule has 4 rings (SSSR count). The number of carbonyl (C=O) groups is 1. The summed E-state index contributed by atoms with van der Waals surface area (Å²) in [6, 6.07) is 27.3. The van der Waals surface area contributed by atoms with E-state index in [0.717, 1.165) is 15.8 Å². The molecule has 166 valence electrons. The molecule has 0 bridgehead atoms. The average Bonchev–Trinajstić information content (AvgIpc) is 2.85. The predicted molar refractivity (Wildman–Crippen MR) is 126 cm³/mol. The van der Waals surface area contributed by atoms with Crippen molar-refractivity contribution in [3.05, 3.63) is 107 Å². The van der Waals surface area contributed by atoms with E-state index in [1.54, 1.807) is 37.4 Å². The van der Waals surface area contributed by atoms with Crippen LogP contribution in [0.2, 0.25) is 0 Å². The average molecular weight is 441 g/mol. The van der Waals surface area contributed by atoms with Crippen LogP contribution in [0.4, 0.5) is 5.69 Å². The summed E-state index contributed by atoms with van der Waals surface area (Å²) in [7, 11) is 1.58. The molecule has 7 nitrogen and oxygen atoms in total. The van der Waals surface area contributed by atoms with E-state index in [2.05, 4.69) is 10.4 Å². The van der Waals surface area contributed by atoms with Crippen LogP contribution in [0.15, 0.2) is 95.8 Å². The lowest BCUT2D eigenvalue weighted by atomic mass is 10.1. The minimum absolute atomic E-state index is 0.205. The third-order valence-electron chi connectivity index (χ3n) is 4.91. The van der Waals surface area contributed by atoms with E-state index < -0.39 is 0 Å². The number of ether oxygens (including phenoxy) is 2. The summed E-state index contributed by atoms with van der Waals surface area (Å²) >= 11 is 0. The summed E-state index contributed by atoms with van der Waals surface area (Å²) in [5.41, 5.74) is 2.67. The van der Waals surface area contributed by atoms with Crippen LogP contribution in [0.3, 0.4) is 0 Å². The molecule has 4 aromatic rings. The zero-order valence-electron chi connectivity index (χ0n) is 18.1. The number of nitrogens with zero attached hydrogens (tertiary/aromatic N) is 2. The van der Waals surface area contributed by atoms with Gasteiger partial charge in [-0.05, 0) is 48.0 Å². The molecule has 0 saturated carbocycles. The Kier molecular flexibility index (Phi) is 6.80. The van der Waals surface area contributed by atoms with Crippen molar-refractivity contribution in [3.8, 4) is 22.8 Å². The first-order valence-corrected chi connectivity index (χ1v) is 10.4. The van der Waals surface area contributed by atoms with Gasteiger partial charge < -0.3 is 14.8 Å². The summed E-state index contributed by atoms with van der Waals surface area (Å²) in [6.45, 7) is 0.258. The van der Waals surface area contributed by atoms with Crippen LogP contribution in [0.5, 0.6) is 11.5 Å². The largest absolute Gasteiger partial charge is 0.497 e. The maximum atomic E-state index is 12.5. The molecule has 0 fully saturated rings. The van der Waals surface area contributed by atoms with Crippen molar-refractivity contribution in [3.63, 3.8) is 0 Å². The summed E-state index contributed by atoms with van der Waals surface area (Å²) in [5.74, 6) is 1.02. The number of carbonyl (C=O) groups excluding carboxylic acids is 1. The highest BCUT2D eigenvalue weighted by Gasteiger charge is 2.09. The van der Waals surface area contributed by atoms with Crippen molar-refractivity contribution in [1.29, 1.82) is 0 Å². The number of hydrogen-bond acceptors (Lipinski definition) is 5. The fourth-order valence-electron chi connectivity index (χ4n) is 3.21. The molecule has 7 heteroatoms. The molecule has 0 unspecified atom stereocenters. The van der Waals surface area contributed by atoms with E-state index in [9.17, 15) is 9.59 Å². The lowest BCUT2D eigenvalue weighted by Gasteiger charge is -2.10. The lowest BCUT2D eigenvalue weighted by molar-refractivity contribution is -0.117. The fourth-order valence-corrected chi connectivity index (χ4v) is 3.21. The highest BCUT2D eigenvalue weighted by Crippen LogP contribution is 2.21. The van der Waals surface area contributed by atoms with Crippen LogP contribution >= 0.6 is 0 Å². The molecule has 0 aliphatic heterocycles. The van der Waals surface area contributed by atoms with E-state index in [1.165, 1.54) is 6.07 Å². The second-order valence-corrected chi connectivity index (χ2v) is 7.29. The van der Waals surface area contributed by atoms with E-state index in [0.29, 0.717) is 29.5 Å². The number of aromatic nitrogens is 2. The van der Waals surface area contributed by atoms with Gasteiger partial charge in [-0.3, -0.25) is 9.59 Å². The number of methoxy groups -OCH3 is 1. The van der Waals surface area contributed by atoms with E-state index in [1.807, 2.05) is 54.6 Å². The zero-order chi connectivity index (χ0) is 23.0. The number of rotatable bonds is 8. The molecular formula is C26H23N3O4. The second kappa shape index (κ2) is 10.3. The van der Waals surface area contributed by atoms with Crippen molar-refractivity contribution in [2.75, 3.05) is 12.4 Å². The topological polar surface area (TPSA) is 82.5 Å². The smallest absolute Gasteiger partial charge is 0.267 e. The Morgan fingerprint density at radius 3 is 2.45 bits per heavy atom. The molecule has 1 amide bonds. The first kappa shape index (κ1) is 21.8. The monoisotopic (exact) mass is 441 g/mol. The van der Waals surface area contributed by atoms with E-state index in [4.69, 9.17) is 9.47 Å². The molecule has 3 aromatic carbocycles. The summed E-state index contributed by atoms with van der Waals surface area (Å²) in [6.07, 6.45) is 0. The normalized spacial score (nSPS) is 10.5. The molecule has 0 atom stereocenters. The Morgan fingerprint density at radius 1 is 0.909 bits per heavy atom. The second-order valence-electron chi connectivity index (χ2n) is 7.29. The Balaban J connectivity index is 1.38. The van der Waals surface area contributed by atoms with Crippen LogP contribution in [0.1, 0.15) is 5.56 Å². The van der Waals surface area contributed by atoms with Gasteiger partial charge >= 0.3 is 0 Å². The Hall–Kier alpha value is -4.39. The Morgan fingerprint density at radius 2 is 1.70 bits per heavy atom. The van der Waals surface area contributed by atoms with Crippen molar-refractivity contribution in [2.24, 2.45) is 0 Å². The number of benzene rings is 3. The minimum atomic E-state index is -0.360. The van der Waals surface area contributed by atoms with Crippen molar-refractivity contribution in [1.82, 2.24) is 9.78 Å². The van der Waals surface area contributed by atoms with Crippen LogP contribution < -0.4 is 20.3 Å². The standard InChI is InChI=1S/C26H23N3O4/c1-32-23-9-5-8-20(16-23)24-14-15-26(31)29(28-24)17-25(30)27-21-10-12-22(13-11-21)33-18-19-6-3-2-4-7-19/h2-16H,17-18H2,1H3,(H,27,30). The zero-order valence-corrected chi connectivity index (χ0v) is 18.1. The molecule has 0 aliphatic rings. The molecule has 1 N–H and O–H groups in total. The van der Waals surface area contributed by atoms with E-state index in [-0.39, 0.29) is 18.0 Å². The van der Waals surface area contributed by atoms with Gasteiger partial charge in [-0.1, -0.05) is 42.5 Å². The third-order valence-corrected chi connectivity index (χ3v) is 4.91. The maximum absolute atomic E-state index is 12.5. The van der Waals surface area contributed by atoms with Gasteiger partial charge in [0.05, 0.1) is 12.8 Å². The highest BCUT2D eigenvalue weighted by atomic mass is 16.5. The van der Waals surface area contributed by atoms with Crippen LogP contribution in [-0.4, -0.2) is 22.8 Å². The molecule has 1 aromatic heterocycles. The number of hydrogen-bond donors (Lipinski definition) is 1. The van der Waals surface area contributed by atoms with Gasteiger partial charge in [-0.2, -0.15) is 5.10 Å². The molecule has 0 radical (unpaired) electrons. The summed E-state index contributed by atoms with van der Waals surface area (Å²) in [4.78, 5) is 24.7. The van der Waals surface area contributed by atoms with Crippen LogP contribution in [0, 0.1) is 0 Å². The summed E-state index contributed by atoms with van der Waals surface area (Å²) in [5, 5.41) is 7.12. The number of amides is 1. The van der Waals surface area contributed by atoms with Gasteiger partial charge in [0.1, 0.15) is 24.7 Å². The Labute approximate surface area is 191 Å². The van der Waals surface area contributed by atoms with Gasteiger partial charge in [0.25, 0.3) is 5.56 Å². The van der Waals surface area contributed by atoms with Gasteiger partial charge in [-0.25, -0.2) is 4.68 Å². The van der Waals surface area contributed by atoms with Crippen molar-refractivity contribution in [2.45, 2.75) is 13.2 Å². The highest BCUT2D eigenvalue weighted by molar-refractivity contribution is 5.90. The number of anilines is 1. The fraction of sp³-hybridized carbons (Fsp3) is 0.115. The first-order valence-electron chi connectivity index (χ1n) is 10.4. The van der Waals surface area contributed by atoms with Gasteiger partial charge in [-0.15, -0.1) is 0 Å². The Bertz CT molecular complexity index is 1280. The van der Waals surface area contributed by atoms with Crippen molar-refractivity contribution >= 4 is 11.6 Å². The SMILES string of the molecule is COc1cccc(-c2ccc(=O)n(CC(=O)Nc3ccc(OCc4ccccc4)cc3)n2)c1.